The van der Waals surface area contributed by atoms with Crippen LogP contribution in [0.25, 0.3) is 0 Å². The maximum absolute atomic E-state index is 5.90. The van der Waals surface area contributed by atoms with Crippen molar-refractivity contribution >= 4 is 27.3 Å². The molecule has 1 saturated carbocycles. The first-order valence-electron chi connectivity index (χ1n) is 6.45. The third-order valence-electron chi connectivity index (χ3n) is 3.54. The molecule has 4 nitrogen and oxygen atoms in total. The average Bonchev–Trinajstić information content (AvgIpc) is 3.17. The smallest absolute Gasteiger partial charge is 0.127 e. The Hall–Kier alpha value is -1.49. The molecule has 1 aliphatic carbocycles. The highest BCUT2D eigenvalue weighted by Gasteiger charge is 2.29. The fraction of sp³-hybridized carbons (Fsp3) is 0.357. The summed E-state index contributed by atoms with van der Waals surface area (Å²) in [5.41, 5.74) is 10.2. The zero-order valence-electron chi connectivity index (χ0n) is 10.9. The molecule has 0 amide bonds. The van der Waals surface area contributed by atoms with E-state index in [1.54, 1.807) is 0 Å². The van der Waals surface area contributed by atoms with E-state index < -0.39 is 0 Å². The summed E-state index contributed by atoms with van der Waals surface area (Å²) in [6.45, 7) is 0.833. The van der Waals surface area contributed by atoms with Crippen LogP contribution in [0.3, 0.4) is 0 Å². The van der Waals surface area contributed by atoms with Gasteiger partial charge < -0.3 is 15.6 Å². The molecule has 19 heavy (non-hydrogen) atoms. The SMILES string of the molecule is CNc1cc(Cn2cnc(Br)c2C2CC2)ccc1N. The normalized spacial score (nSPS) is 14.6. The molecular formula is C14H17BrN4. The predicted molar refractivity (Wildman–Crippen MR) is 81.4 cm³/mol. The quantitative estimate of drug-likeness (QED) is 0.850. The van der Waals surface area contributed by atoms with Crippen molar-refractivity contribution in [2.24, 2.45) is 0 Å². The topological polar surface area (TPSA) is 55.9 Å². The average molecular weight is 321 g/mol. The van der Waals surface area contributed by atoms with Gasteiger partial charge in [0.05, 0.1) is 23.4 Å². The number of aromatic nitrogens is 2. The van der Waals surface area contributed by atoms with Gasteiger partial charge in [0.25, 0.3) is 0 Å². The number of imidazole rings is 1. The maximum atomic E-state index is 5.90. The summed E-state index contributed by atoms with van der Waals surface area (Å²) >= 11 is 3.55. The molecule has 0 atom stereocenters. The van der Waals surface area contributed by atoms with Crippen molar-refractivity contribution in [3.05, 3.63) is 40.4 Å². The molecule has 5 heteroatoms. The monoisotopic (exact) mass is 320 g/mol. The van der Waals surface area contributed by atoms with Crippen LogP contribution in [0.5, 0.6) is 0 Å². The predicted octanol–water partition coefficient (Wildman–Crippen LogP) is 3.20. The number of nitrogens with zero attached hydrogens (tertiary/aromatic N) is 2. The van der Waals surface area contributed by atoms with Gasteiger partial charge in [-0.1, -0.05) is 6.07 Å². The molecule has 0 spiro atoms. The molecule has 1 heterocycles. The van der Waals surface area contributed by atoms with Gasteiger partial charge in [0.15, 0.2) is 0 Å². The number of nitrogen functional groups attached to an aromatic ring is 1. The van der Waals surface area contributed by atoms with E-state index >= 15 is 0 Å². The third kappa shape index (κ3) is 2.47. The lowest BCUT2D eigenvalue weighted by Crippen LogP contribution is -2.04. The maximum Gasteiger partial charge on any atom is 0.127 e. The standard InChI is InChI=1S/C14H17BrN4/c1-17-12-6-9(2-5-11(12)16)7-19-8-18-14(15)13(19)10-3-4-10/h2,5-6,8,10,17H,3-4,7,16H2,1H3. The molecular weight excluding hydrogens is 304 g/mol. The van der Waals surface area contributed by atoms with Crippen LogP contribution in [0.2, 0.25) is 0 Å². The Bertz CT molecular complexity index is 601. The number of benzene rings is 1. The molecule has 0 saturated heterocycles. The molecule has 1 aromatic heterocycles. The number of rotatable bonds is 4. The van der Waals surface area contributed by atoms with Gasteiger partial charge in [-0.2, -0.15) is 0 Å². The van der Waals surface area contributed by atoms with Crippen LogP contribution in [0.15, 0.2) is 29.1 Å². The summed E-state index contributed by atoms with van der Waals surface area (Å²) in [5.74, 6) is 0.675. The summed E-state index contributed by atoms with van der Waals surface area (Å²) < 4.78 is 3.21. The van der Waals surface area contributed by atoms with Crippen LogP contribution in [0, 0.1) is 0 Å². The van der Waals surface area contributed by atoms with Crippen molar-refractivity contribution in [1.82, 2.24) is 9.55 Å². The van der Waals surface area contributed by atoms with Crippen molar-refractivity contribution in [3.63, 3.8) is 0 Å². The van der Waals surface area contributed by atoms with Crippen molar-refractivity contribution < 1.29 is 0 Å². The van der Waals surface area contributed by atoms with Gasteiger partial charge >= 0.3 is 0 Å². The van der Waals surface area contributed by atoms with Crippen LogP contribution in [0.4, 0.5) is 11.4 Å². The zero-order valence-corrected chi connectivity index (χ0v) is 12.4. The van der Waals surface area contributed by atoms with Crippen LogP contribution in [-0.2, 0) is 6.54 Å². The van der Waals surface area contributed by atoms with Crippen LogP contribution < -0.4 is 11.1 Å². The molecule has 0 radical (unpaired) electrons. The fourth-order valence-corrected chi connectivity index (χ4v) is 3.01. The lowest BCUT2D eigenvalue weighted by Gasteiger charge is -2.11. The minimum atomic E-state index is 0.675. The molecule has 0 unspecified atom stereocenters. The molecule has 2 aromatic rings. The Kier molecular flexibility index (Phi) is 3.22. The number of hydrogen-bond donors (Lipinski definition) is 2. The molecule has 1 fully saturated rings. The van der Waals surface area contributed by atoms with Gasteiger partial charge in [-0.15, -0.1) is 0 Å². The summed E-state index contributed by atoms with van der Waals surface area (Å²) in [6.07, 6.45) is 4.45. The van der Waals surface area contributed by atoms with Crippen molar-refractivity contribution in [2.45, 2.75) is 25.3 Å². The number of hydrogen-bond acceptors (Lipinski definition) is 3. The van der Waals surface area contributed by atoms with Crippen LogP contribution in [0.1, 0.15) is 30.0 Å². The van der Waals surface area contributed by atoms with E-state index in [2.05, 4.69) is 42.9 Å². The first kappa shape index (κ1) is 12.5. The molecule has 0 bridgehead atoms. The molecule has 0 aliphatic heterocycles. The number of anilines is 2. The summed E-state index contributed by atoms with van der Waals surface area (Å²) in [6, 6.07) is 6.12. The molecule has 1 aliphatic rings. The van der Waals surface area contributed by atoms with Gasteiger partial charge in [-0.3, -0.25) is 0 Å². The lowest BCUT2D eigenvalue weighted by atomic mass is 10.1. The highest BCUT2D eigenvalue weighted by atomic mass is 79.9. The summed E-state index contributed by atoms with van der Waals surface area (Å²) in [7, 11) is 1.89. The minimum Gasteiger partial charge on any atom is -0.397 e. The van der Waals surface area contributed by atoms with Gasteiger partial charge in [0.2, 0.25) is 0 Å². The van der Waals surface area contributed by atoms with Crippen molar-refractivity contribution in [3.8, 4) is 0 Å². The van der Waals surface area contributed by atoms with E-state index in [-0.39, 0.29) is 0 Å². The number of nitrogens with one attached hydrogen (secondary N) is 1. The van der Waals surface area contributed by atoms with Crippen molar-refractivity contribution in [2.75, 3.05) is 18.1 Å². The largest absolute Gasteiger partial charge is 0.397 e. The second-order valence-electron chi connectivity index (χ2n) is 4.99. The van der Waals surface area contributed by atoms with Crippen LogP contribution in [-0.4, -0.2) is 16.6 Å². The molecule has 3 N–H and O–H groups in total. The first-order chi connectivity index (χ1) is 9.19. The molecule has 100 valence electrons. The van der Waals surface area contributed by atoms with Gasteiger partial charge in [-0.25, -0.2) is 4.98 Å². The number of nitrogens with two attached hydrogens (primary N) is 1. The summed E-state index contributed by atoms with van der Waals surface area (Å²) in [5, 5.41) is 3.12. The van der Waals surface area contributed by atoms with Gasteiger partial charge in [0.1, 0.15) is 4.60 Å². The van der Waals surface area contributed by atoms with Crippen molar-refractivity contribution in [1.29, 1.82) is 0 Å². The van der Waals surface area contributed by atoms with E-state index in [0.29, 0.717) is 5.92 Å². The highest BCUT2D eigenvalue weighted by Crippen LogP contribution is 2.43. The lowest BCUT2D eigenvalue weighted by molar-refractivity contribution is 0.741. The molecule has 1 aromatic carbocycles. The zero-order chi connectivity index (χ0) is 13.4. The van der Waals surface area contributed by atoms with Gasteiger partial charge in [0, 0.05) is 19.5 Å². The van der Waals surface area contributed by atoms with Crippen LogP contribution >= 0.6 is 15.9 Å². The summed E-state index contributed by atoms with van der Waals surface area (Å²) in [4.78, 5) is 4.37. The van der Waals surface area contributed by atoms with E-state index in [9.17, 15) is 0 Å². The van der Waals surface area contributed by atoms with Gasteiger partial charge in [-0.05, 0) is 46.5 Å². The third-order valence-corrected chi connectivity index (χ3v) is 4.15. The Morgan fingerprint density at radius 2 is 2.26 bits per heavy atom. The molecule has 3 rings (SSSR count). The minimum absolute atomic E-state index is 0.675. The van der Waals surface area contributed by atoms with E-state index in [1.165, 1.54) is 24.1 Å². The van der Waals surface area contributed by atoms with E-state index in [1.807, 2.05) is 19.4 Å². The first-order valence-corrected chi connectivity index (χ1v) is 7.25. The second kappa shape index (κ2) is 4.89. The Labute approximate surface area is 121 Å². The Balaban J connectivity index is 1.89. The number of halogens is 1. The van der Waals surface area contributed by atoms with E-state index in [4.69, 9.17) is 5.73 Å². The van der Waals surface area contributed by atoms with E-state index in [0.717, 1.165) is 22.5 Å². The second-order valence-corrected chi connectivity index (χ2v) is 5.75. The fourth-order valence-electron chi connectivity index (χ4n) is 2.37. The Morgan fingerprint density at radius 1 is 1.47 bits per heavy atom. The Morgan fingerprint density at radius 3 is 2.95 bits per heavy atom. The highest BCUT2D eigenvalue weighted by molar-refractivity contribution is 9.10.